The zero-order chi connectivity index (χ0) is 9.28. The van der Waals surface area contributed by atoms with Gasteiger partial charge in [-0.15, -0.1) is 0 Å². The molecular weight excluding hydrogens is 136 g/mol. The van der Waals surface area contributed by atoms with E-state index in [1.165, 1.54) is 0 Å². The number of allylic oxidation sites excluding steroid dienone is 4. The Bertz CT molecular complexity index is 148. The van der Waals surface area contributed by atoms with Gasteiger partial charge in [-0.25, -0.2) is 0 Å². The van der Waals surface area contributed by atoms with Gasteiger partial charge in [0.1, 0.15) is 5.76 Å². The number of aliphatic hydroxyl groups is 1. The van der Waals surface area contributed by atoms with Crippen molar-refractivity contribution in [2.45, 2.75) is 27.7 Å². The molecule has 0 aromatic rings. The second-order valence-corrected chi connectivity index (χ2v) is 2.05. The van der Waals surface area contributed by atoms with Crippen molar-refractivity contribution in [2.24, 2.45) is 0 Å². The van der Waals surface area contributed by atoms with Crippen LogP contribution >= 0.6 is 0 Å². The van der Waals surface area contributed by atoms with Gasteiger partial charge in [-0.2, -0.15) is 0 Å². The predicted molar refractivity (Wildman–Crippen MR) is 51.7 cm³/mol. The SMILES string of the molecule is C=C/C=C(/O)C=C(C)C.CC. The van der Waals surface area contributed by atoms with Gasteiger partial charge in [0.15, 0.2) is 0 Å². The third-order valence-electron chi connectivity index (χ3n) is 0.725. The van der Waals surface area contributed by atoms with Crippen LogP contribution in [0, 0.1) is 0 Å². The van der Waals surface area contributed by atoms with E-state index in [1.807, 2.05) is 27.7 Å². The molecule has 0 unspecified atom stereocenters. The van der Waals surface area contributed by atoms with Crippen LogP contribution < -0.4 is 0 Å². The van der Waals surface area contributed by atoms with Gasteiger partial charge in [-0.05, 0) is 26.0 Å². The van der Waals surface area contributed by atoms with E-state index >= 15 is 0 Å². The molecule has 1 nitrogen and oxygen atoms in total. The topological polar surface area (TPSA) is 20.2 Å². The highest BCUT2D eigenvalue weighted by Crippen LogP contribution is 1.96. The quantitative estimate of drug-likeness (QED) is 0.476. The Morgan fingerprint density at radius 1 is 1.27 bits per heavy atom. The molecular formula is C10H18O. The van der Waals surface area contributed by atoms with Crippen molar-refractivity contribution in [1.82, 2.24) is 0 Å². The van der Waals surface area contributed by atoms with Gasteiger partial charge in [0, 0.05) is 0 Å². The fraction of sp³-hybridized carbons (Fsp3) is 0.400. The summed E-state index contributed by atoms with van der Waals surface area (Å²) in [6, 6.07) is 0. The summed E-state index contributed by atoms with van der Waals surface area (Å²) in [5, 5.41) is 8.93. The van der Waals surface area contributed by atoms with E-state index in [9.17, 15) is 0 Å². The summed E-state index contributed by atoms with van der Waals surface area (Å²) in [7, 11) is 0. The molecule has 0 bridgehead atoms. The second-order valence-electron chi connectivity index (χ2n) is 2.05. The van der Waals surface area contributed by atoms with Crippen molar-refractivity contribution in [2.75, 3.05) is 0 Å². The van der Waals surface area contributed by atoms with Crippen LogP contribution in [0.4, 0.5) is 0 Å². The van der Waals surface area contributed by atoms with Crippen LogP contribution in [0.2, 0.25) is 0 Å². The van der Waals surface area contributed by atoms with Crippen LogP contribution in [-0.4, -0.2) is 5.11 Å². The molecule has 0 heterocycles. The molecule has 11 heavy (non-hydrogen) atoms. The summed E-state index contributed by atoms with van der Waals surface area (Å²) in [6.45, 7) is 11.3. The third kappa shape index (κ3) is 12.3. The molecule has 0 spiro atoms. The average molecular weight is 154 g/mol. The molecule has 0 aromatic heterocycles. The first-order valence-corrected chi connectivity index (χ1v) is 3.83. The Morgan fingerprint density at radius 2 is 1.73 bits per heavy atom. The first kappa shape index (κ1) is 12.7. The molecule has 0 aromatic carbocycles. The molecule has 1 heteroatoms. The Balaban J connectivity index is 0. The monoisotopic (exact) mass is 154 g/mol. The smallest absolute Gasteiger partial charge is 0.115 e. The Hall–Kier alpha value is -0.980. The normalized spacial score (nSPS) is 9.27. The summed E-state index contributed by atoms with van der Waals surface area (Å²) < 4.78 is 0. The lowest BCUT2D eigenvalue weighted by Gasteiger charge is -1.88. The summed E-state index contributed by atoms with van der Waals surface area (Å²) in [5.74, 6) is 0.255. The first-order valence-electron chi connectivity index (χ1n) is 3.83. The predicted octanol–water partition coefficient (Wildman–Crippen LogP) is 3.61. The average Bonchev–Trinajstić information content (AvgIpc) is 1.91. The van der Waals surface area contributed by atoms with Crippen molar-refractivity contribution in [3.63, 3.8) is 0 Å². The van der Waals surface area contributed by atoms with Gasteiger partial charge in [0.25, 0.3) is 0 Å². The Labute approximate surface area is 69.8 Å². The largest absolute Gasteiger partial charge is 0.508 e. The van der Waals surface area contributed by atoms with E-state index in [0.717, 1.165) is 5.57 Å². The molecule has 0 amide bonds. The Morgan fingerprint density at radius 3 is 2.00 bits per heavy atom. The highest BCUT2D eigenvalue weighted by molar-refractivity contribution is 5.18. The van der Waals surface area contributed by atoms with Gasteiger partial charge < -0.3 is 5.11 Å². The zero-order valence-corrected chi connectivity index (χ0v) is 7.89. The van der Waals surface area contributed by atoms with Crippen LogP contribution in [0.25, 0.3) is 0 Å². The van der Waals surface area contributed by atoms with Crippen molar-refractivity contribution >= 4 is 0 Å². The summed E-state index contributed by atoms with van der Waals surface area (Å²) in [6.07, 6.45) is 4.78. The second kappa shape index (κ2) is 9.02. The lowest BCUT2D eigenvalue weighted by molar-refractivity contribution is 0.432. The molecule has 0 atom stereocenters. The number of aliphatic hydroxyl groups excluding tert-OH is 1. The van der Waals surface area contributed by atoms with Gasteiger partial charge >= 0.3 is 0 Å². The maximum absolute atomic E-state index is 8.93. The fourth-order valence-corrected chi connectivity index (χ4v) is 0.465. The minimum atomic E-state index is 0.255. The minimum absolute atomic E-state index is 0.255. The molecule has 0 aliphatic rings. The van der Waals surface area contributed by atoms with Crippen LogP contribution in [0.1, 0.15) is 27.7 Å². The molecule has 0 aliphatic heterocycles. The molecule has 0 radical (unpaired) electrons. The standard InChI is InChI=1S/C8H12O.C2H6/c1-4-5-8(9)6-7(2)3;1-2/h4-6,9H,1H2,2-3H3;1-2H3/b8-5+;. The molecule has 0 aliphatic carbocycles. The highest BCUT2D eigenvalue weighted by Gasteiger charge is 1.81. The molecule has 0 saturated heterocycles. The maximum Gasteiger partial charge on any atom is 0.115 e. The maximum atomic E-state index is 8.93. The van der Waals surface area contributed by atoms with E-state index < -0.39 is 0 Å². The van der Waals surface area contributed by atoms with E-state index in [0.29, 0.717) is 0 Å². The lowest BCUT2D eigenvalue weighted by Crippen LogP contribution is -1.73. The highest BCUT2D eigenvalue weighted by atomic mass is 16.3. The zero-order valence-electron chi connectivity index (χ0n) is 7.89. The third-order valence-corrected chi connectivity index (χ3v) is 0.725. The van der Waals surface area contributed by atoms with Crippen LogP contribution in [-0.2, 0) is 0 Å². The number of hydrogen-bond donors (Lipinski definition) is 1. The van der Waals surface area contributed by atoms with E-state index in [1.54, 1.807) is 18.2 Å². The first-order chi connectivity index (χ1) is 5.16. The lowest BCUT2D eigenvalue weighted by atomic mass is 10.3. The van der Waals surface area contributed by atoms with Crippen molar-refractivity contribution in [3.8, 4) is 0 Å². The van der Waals surface area contributed by atoms with Crippen LogP contribution in [0.3, 0.4) is 0 Å². The molecule has 0 fully saturated rings. The fourth-order valence-electron chi connectivity index (χ4n) is 0.465. The van der Waals surface area contributed by atoms with E-state index in [2.05, 4.69) is 6.58 Å². The van der Waals surface area contributed by atoms with Crippen molar-refractivity contribution < 1.29 is 5.11 Å². The summed E-state index contributed by atoms with van der Waals surface area (Å²) in [4.78, 5) is 0. The van der Waals surface area contributed by atoms with Gasteiger partial charge in [0.2, 0.25) is 0 Å². The van der Waals surface area contributed by atoms with Crippen LogP contribution in [0.15, 0.2) is 36.1 Å². The Kier molecular flexibility index (Phi) is 10.4. The van der Waals surface area contributed by atoms with Crippen molar-refractivity contribution in [3.05, 3.63) is 36.1 Å². The van der Waals surface area contributed by atoms with Crippen LogP contribution in [0.5, 0.6) is 0 Å². The van der Waals surface area contributed by atoms with E-state index in [-0.39, 0.29) is 5.76 Å². The van der Waals surface area contributed by atoms with Gasteiger partial charge in [-0.1, -0.05) is 32.1 Å². The molecule has 0 rings (SSSR count). The van der Waals surface area contributed by atoms with Gasteiger partial charge in [-0.3, -0.25) is 0 Å². The van der Waals surface area contributed by atoms with E-state index in [4.69, 9.17) is 5.11 Å². The minimum Gasteiger partial charge on any atom is -0.508 e. The summed E-state index contributed by atoms with van der Waals surface area (Å²) >= 11 is 0. The van der Waals surface area contributed by atoms with Crippen molar-refractivity contribution in [1.29, 1.82) is 0 Å². The number of rotatable bonds is 2. The molecule has 1 N–H and O–H groups in total. The molecule has 64 valence electrons. The molecule has 0 saturated carbocycles. The van der Waals surface area contributed by atoms with Gasteiger partial charge in [0.05, 0.1) is 0 Å². The number of hydrogen-bond acceptors (Lipinski definition) is 1. The summed E-state index contributed by atoms with van der Waals surface area (Å²) in [5.41, 5.74) is 1.07.